The zero-order chi connectivity index (χ0) is 19.9. The van der Waals surface area contributed by atoms with E-state index in [1.54, 1.807) is 13.8 Å². The first kappa shape index (κ1) is 20.4. The molecule has 0 bridgehead atoms. The maximum Gasteiger partial charge on any atom is 0.321 e. The number of para-hydroxylation sites is 1. The number of thioether (sulfide) groups is 1. The lowest BCUT2D eigenvalue weighted by atomic mass is 9.88. The maximum absolute atomic E-state index is 12.2. The lowest BCUT2D eigenvalue weighted by molar-refractivity contribution is -0.119. The van der Waals surface area contributed by atoms with Crippen LogP contribution in [0.3, 0.4) is 0 Å². The van der Waals surface area contributed by atoms with E-state index in [-0.39, 0.29) is 5.91 Å². The number of amides is 3. The Kier molecular flexibility index (Phi) is 7.08. The van der Waals surface area contributed by atoms with E-state index in [9.17, 15) is 9.59 Å². The summed E-state index contributed by atoms with van der Waals surface area (Å²) >= 11 is 1.27. The third-order valence-electron chi connectivity index (χ3n) is 4.81. The molecular formula is C20H27N5O2S. The second kappa shape index (κ2) is 9.73. The van der Waals surface area contributed by atoms with Gasteiger partial charge in [-0.05, 0) is 38.8 Å². The molecule has 1 saturated carbocycles. The van der Waals surface area contributed by atoms with Crippen LogP contribution in [0, 0.1) is 0 Å². The predicted molar refractivity (Wildman–Crippen MR) is 110 cm³/mol. The SMILES string of the molecule is CCNC(=O)NC(=O)[C@H](C)Sc1nc(C2CCCCC2)n(-c2ccccc2)n1. The van der Waals surface area contributed by atoms with E-state index < -0.39 is 11.3 Å². The molecule has 8 heteroatoms. The summed E-state index contributed by atoms with van der Waals surface area (Å²) in [6.45, 7) is 4.02. The number of nitrogens with one attached hydrogen (secondary N) is 2. The van der Waals surface area contributed by atoms with Gasteiger partial charge in [-0.1, -0.05) is 49.2 Å². The van der Waals surface area contributed by atoms with Crippen molar-refractivity contribution in [1.82, 2.24) is 25.4 Å². The van der Waals surface area contributed by atoms with Gasteiger partial charge in [0.2, 0.25) is 11.1 Å². The fourth-order valence-corrected chi connectivity index (χ4v) is 4.13. The average Bonchev–Trinajstić information content (AvgIpc) is 3.13. The molecule has 0 aliphatic heterocycles. The van der Waals surface area contributed by atoms with E-state index in [0.717, 1.165) is 24.4 Å². The Bertz CT molecular complexity index is 802. The van der Waals surface area contributed by atoms with Crippen molar-refractivity contribution in [1.29, 1.82) is 0 Å². The lowest BCUT2D eigenvalue weighted by Crippen LogP contribution is -2.42. The number of hydrogen-bond acceptors (Lipinski definition) is 5. The predicted octanol–water partition coefficient (Wildman–Crippen LogP) is 3.64. The molecule has 1 aliphatic rings. The highest BCUT2D eigenvalue weighted by Crippen LogP contribution is 2.34. The number of carbonyl (C=O) groups is 2. The van der Waals surface area contributed by atoms with Crippen LogP contribution >= 0.6 is 11.8 Å². The molecule has 28 heavy (non-hydrogen) atoms. The Morgan fingerprint density at radius 2 is 1.93 bits per heavy atom. The second-order valence-corrected chi connectivity index (χ2v) is 8.25. The van der Waals surface area contributed by atoms with Crippen LogP contribution in [-0.2, 0) is 4.79 Å². The lowest BCUT2D eigenvalue weighted by Gasteiger charge is -2.21. The summed E-state index contributed by atoms with van der Waals surface area (Å²) in [4.78, 5) is 28.6. The van der Waals surface area contributed by atoms with Crippen molar-refractivity contribution in [3.8, 4) is 5.69 Å². The normalized spacial score (nSPS) is 15.8. The number of benzene rings is 1. The molecule has 1 atom stereocenters. The van der Waals surface area contributed by atoms with Gasteiger partial charge in [0.1, 0.15) is 5.82 Å². The molecule has 3 amide bonds. The van der Waals surface area contributed by atoms with E-state index in [1.807, 2.05) is 35.0 Å². The van der Waals surface area contributed by atoms with Gasteiger partial charge in [0.15, 0.2) is 0 Å². The molecule has 2 N–H and O–H groups in total. The largest absolute Gasteiger partial charge is 0.338 e. The van der Waals surface area contributed by atoms with Crippen molar-refractivity contribution in [3.05, 3.63) is 36.2 Å². The third-order valence-corrected chi connectivity index (χ3v) is 5.76. The summed E-state index contributed by atoms with van der Waals surface area (Å²) in [6, 6.07) is 9.49. The monoisotopic (exact) mass is 401 g/mol. The van der Waals surface area contributed by atoms with Crippen LogP contribution < -0.4 is 10.6 Å². The minimum atomic E-state index is -0.481. The highest BCUT2D eigenvalue weighted by molar-refractivity contribution is 8.00. The zero-order valence-electron chi connectivity index (χ0n) is 16.4. The number of aromatic nitrogens is 3. The molecular weight excluding hydrogens is 374 g/mol. The number of carbonyl (C=O) groups excluding carboxylic acids is 2. The molecule has 1 heterocycles. The van der Waals surface area contributed by atoms with Gasteiger partial charge in [0.05, 0.1) is 10.9 Å². The highest BCUT2D eigenvalue weighted by atomic mass is 32.2. The molecule has 1 aromatic carbocycles. The molecule has 1 aromatic heterocycles. The fraction of sp³-hybridized carbons (Fsp3) is 0.500. The van der Waals surface area contributed by atoms with Crippen LogP contribution in [0.1, 0.15) is 57.7 Å². The van der Waals surface area contributed by atoms with Crippen molar-refractivity contribution in [2.24, 2.45) is 0 Å². The summed E-state index contributed by atoms with van der Waals surface area (Å²) in [5.41, 5.74) is 0.974. The Labute approximate surface area is 169 Å². The second-order valence-electron chi connectivity index (χ2n) is 6.94. The Hall–Kier alpha value is -2.35. The van der Waals surface area contributed by atoms with Gasteiger partial charge in [-0.15, -0.1) is 5.10 Å². The molecule has 7 nitrogen and oxygen atoms in total. The summed E-state index contributed by atoms with van der Waals surface area (Å²) in [6.07, 6.45) is 5.92. The van der Waals surface area contributed by atoms with Gasteiger partial charge >= 0.3 is 6.03 Å². The minimum Gasteiger partial charge on any atom is -0.338 e. The summed E-state index contributed by atoms with van der Waals surface area (Å²) < 4.78 is 1.91. The Balaban J connectivity index is 1.79. The first-order valence-electron chi connectivity index (χ1n) is 9.86. The molecule has 2 aromatic rings. The molecule has 0 saturated heterocycles. The zero-order valence-corrected chi connectivity index (χ0v) is 17.2. The van der Waals surface area contributed by atoms with Crippen molar-refractivity contribution < 1.29 is 9.59 Å². The number of urea groups is 1. The smallest absolute Gasteiger partial charge is 0.321 e. The molecule has 0 unspecified atom stereocenters. The van der Waals surface area contributed by atoms with Crippen LogP contribution in [0.2, 0.25) is 0 Å². The maximum atomic E-state index is 12.2. The first-order chi connectivity index (χ1) is 13.6. The number of hydrogen-bond donors (Lipinski definition) is 2. The van der Waals surface area contributed by atoms with Crippen molar-refractivity contribution in [2.75, 3.05) is 6.54 Å². The highest BCUT2D eigenvalue weighted by Gasteiger charge is 2.25. The fourth-order valence-electron chi connectivity index (χ4n) is 3.37. The van der Waals surface area contributed by atoms with E-state index in [0.29, 0.717) is 17.6 Å². The quantitative estimate of drug-likeness (QED) is 0.722. The molecule has 1 fully saturated rings. The third kappa shape index (κ3) is 5.13. The average molecular weight is 402 g/mol. The van der Waals surface area contributed by atoms with Crippen LogP contribution in [0.4, 0.5) is 4.79 Å². The van der Waals surface area contributed by atoms with Gasteiger partial charge in [-0.2, -0.15) is 0 Å². The number of imide groups is 1. The van der Waals surface area contributed by atoms with Crippen LogP contribution in [-0.4, -0.2) is 38.5 Å². The van der Waals surface area contributed by atoms with Gasteiger partial charge in [-0.25, -0.2) is 14.5 Å². The Morgan fingerprint density at radius 3 is 2.61 bits per heavy atom. The van der Waals surface area contributed by atoms with Gasteiger partial charge in [0, 0.05) is 12.5 Å². The van der Waals surface area contributed by atoms with E-state index >= 15 is 0 Å². The molecule has 1 aliphatic carbocycles. The van der Waals surface area contributed by atoms with E-state index in [4.69, 9.17) is 4.98 Å². The van der Waals surface area contributed by atoms with E-state index in [2.05, 4.69) is 15.7 Å². The topological polar surface area (TPSA) is 88.9 Å². The van der Waals surface area contributed by atoms with E-state index in [1.165, 1.54) is 31.0 Å². The first-order valence-corrected chi connectivity index (χ1v) is 10.7. The standard InChI is InChI=1S/C20H27N5O2S/c1-3-21-19(27)23-18(26)14(2)28-20-22-17(15-10-6-4-7-11-15)25(24-20)16-12-8-5-9-13-16/h5,8-9,12-15H,3-4,6-7,10-11H2,1-2H3,(H2,21,23,26,27)/t14-/m0/s1. The van der Waals surface area contributed by atoms with Crippen molar-refractivity contribution in [2.45, 2.75) is 62.3 Å². The summed E-state index contributed by atoms with van der Waals surface area (Å²) in [5, 5.41) is 9.66. The molecule has 0 spiro atoms. The summed E-state index contributed by atoms with van der Waals surface area (Å²) in [5.74, 6) is 0.992. The molecule has 0 radical (unpaired) electrons. The van der Waals surface area contributed by atoms with Crippen LogP contribution in [0.5, 0.6) is 0 Å². The van der Waals surface area contributed by atoms with Gasteiger partial charge in [-0.3, -0.25) is 10.1 Å². The van der Waals surface area contributed by atoms with Crippen LogP contribution in [0.25, 0.3) is 5.69 Å². The molecule has 150 valence electrons. The summed E-state index contributed by atoms with van der Waals surface area (Å²) in [7, 11) is 0. The minimum absolute atomic E-state index is 0.355. The number of nitrogens with zero attached hydrogens (tertiary/aromatic N) is 3. The Morgan fingerprint density at radius 1 is 1.21 bits per heavy atom. The number of rotatable bonds is 6. The van der Waals surface area contributed by atoms with Crippen molar-refractivity contribution >= 4 is 23.7 Å². The van der Waals surface area contributed by atoms with Gasteiger partial charge < -0.3 is 5.32 Å². The van der Waals surface area contributed by atoms with Gasteiger partial charge in [0.25, 0.3) is 0 Å². The van der Waals surface area contributed by atoms with Crippen molar-refractivity contribution in [3.63, 3.8) is 0 Å². The molecule has 3 rings (SSSR count). The van der Waals surface area contributed by atoms with Crippen LogP contribution in [0.15, 0.2) is 35.5 Å².